The molecule has 0 saturated heterocycles. The minimum absolute atomic E-state index is 0.366. The first-order chi connectivity index (χ1) is 7.58. The lowest BCUT2D eigenvalue weighted by atomic mass is 9.79. The van der Waals surface area contributed by atoms with Gasteiger partial charge in [0.2, 0.25) is 0 Å². The van der Waals surface area contributed by atoms with Crippen molar-refractivity contribution in [2.75, 3.05) is 7.05 Å². The lowest BCUT2D eigenvalue weighted by molar-refractivity contribution is 0.224. The van der Waals surface area contributed by atoms with Gasteiger partial charge < -0.3 is 5.32 Å². The fourth-order valence-electron chi connectivity index (χ4n) is 3.03. The second-order valence-corrected chi connectivity index (χ2v) is 5.94. The molecular weight excluding hydrogens is 266 g/mol. The zero-order valence-corrected chi connectivity index (χ0v) is 11.8. The van der Waals surface area contributed by atoms with Gasteiger partial charge >= 0.3 is 0 Å². The second kappa shape index (κ2) is 4.49. The zero-order valence-electron chi connectivity index (χ0n) is 10.3. The van der Waals surface area contributed by atoms with Crippen LogP contribution in [0.2, 0.25) is 0 Å². The molecule has 0 spiro atoms. The summed E-state index contributed by atoms with van der Waals surface area (Å²) < 4.78 is 3.09. The second-order valence-electron chi connectivity index (χ2n) is 5.08. The fraction of sp³-hybridized carbons (Fsp3) is 0.750. The van der Waals surface area contributed by atoms with E-state index in [0.29, 0.717) is 11.5 Å². The summed E-state index contributed by atoms with van der Waals surface area (Å²) in [6.07, 6.45) is 7.19. The van der Waals surface area contributed by atoms with E-state index in [1.165, 1.54) is 31.4 Å². The van der Waals surface area contributed by atoms with Crippen molar-refractivity contribution >= 4 is 15.9 Å². The van der Waals surface area contributed by atoms with Gasteiger partial charge in [-0.15, -0.1) is 0 Å². The summed E-state index contributed by atoms with van der Waals surface area (Å²) >= 11 is 3.61. The largest absolute Gasteiger partial charge is 0.311 e. The smallest absolute Gasteiger partial charge is 0.0697 e. The summed E-state index contributed by atoms with van der Waals surface area (Å²) in [6.45, 7) is 2.39. The highest BCUT2D eigenvalue weighted by molar-refractivity contribution is 9.10. The normalized spacial score (nSPS) is 21.2. The van der Waals surface area contributed by atoms with E-state index in [1.54, 1.807) is 0 Å². The summed E-state index contributed by atoms with van der Waals surface area (Å²) in [5, 5.41) is 7.80. The average Bonchev–Trinajstić information content (AvgIpc) is 2.80. The quantitative estimate of drug-likeness (QED) is 0.925. The van der Waals surface area contributed by atoms with Gasteiger partial charge in [0, 0.05) is 7.05 Å². The summed E-state index contributed by atoms with van der Waals surface area (Å²) in [4.78, 5) is 0. The van der Waals surface area contributed by atoms with Crippen molar-refractivity contribution in [1.29, 1.82) is 0 Å². The van der Waals surface area contributed by atoms with Crippen molar-refractivity contribution in [3.8, 4) is 0 Å². The highest BCUT2D eigenvalue weighted by Crippen LogP contribution is 2.48. The molecule has 1 aromatic heterocycles. The molecule has 1 aliphatic rings. The first-order valence-electron chi connectivity index (χ1n) is 5.93. The van der Waals surface area contributed by atoms with Crippen LogP contribution in [0.3, 0.4) is 0 Å². The SMILES string of the molecule is CNC(c1c(Br)cnn1C)C1(C)CCCC1. The first-order valence-corrected chi connectivity index (χ1v) is 6.72. The van der Waals surface area contributed by atoms with Crippen molar-refractivity contribution in [3.63, 3.8) is 0 Å². The van der Waals surface area contributed by atoms with Crippen LogP contribution in [0.5, 0.6) is 0 Å². The van der Waals surface area contributed by atoms with E-state index in [2.05, 4.69) is 33.3 Å². The van der Waals surface area contributed by atoms with Crippen molar-refractivity contribution in [2.24, 2.45) is 12.5 Å². The van der Waals surface area contributed by atoms with Crippen LogP contribution >= 0.6 is 15.9 Å². The maximum Gasteiger partial charge on any atom is 0.0697 e. The van der Waals surface area contributed by atoms with Crippen LogP contribution in [0.4, 0.5) is 0 Å². The van der Waals surface area contributed by atoms with E-state index >= 15 is 0 Å². The van der Waals surface area contributed by atoms with Crippen LogP contribution in [0.1, 0.15) is 44.3 Å². The van der Waals surface area contributed by atoms with Gasteiger partial charge in [0.1, 0.15) is 0 Å². The van der Waals surface area contributed by atoms with Gasteiger partial charge in [-0.1, -0.05) is 19.8 Å². The molecule has 1 N–H and O–H groups in total. The Kier molecular flexibility index (Phi) is 3.40. The number of rotatable bonds is 3. The van der Waals surface area contributed by atoms with E-state index in [-0.39, 0.29) is 0 Å². The van der Waals surface area contributed by atoms with Crippen LogP contribution in [-0.2, 0) is 7.05 Å². The lowest BCUT2D eigenvalue weighted by Crippen LogP contribution is -2.34. The number of nitrogens with one attached hydrogen (secondary N) is 1. The molecule has 0 bridgehead atoms. The molecule has 3 nitrogen and oxygen atoms in total. The predicted octanol–water partition coefficient (Wildman–Crippen LogP) is 3.02. The average molecular weight is 286 g/mol. The molecule has 16 heavy (non-hydrogen) atoms. The van der Waals surface area contributed by atoms with E-state index in [1.807, 2.05) is 25.0 Å². The van der Waals surface area contributed by atoms with Crippen LogP contribution in [-0.4, -0.2) is 16.8 Å². The topological polar surface area (TPSA) is 29.9 Å². The molecule has 2 rings (SSSR count). The van der Waals surface area contributed by atoms with Gasteiger partial charge in [-0.3, -0.25) is 4.68 Å². The fourth-order valence-corrected chi connectivity index (χ4v) is 3.61. The molecule has 1 aliphatic carbocycles. The number of hydrogen-bond acceptors (Lipinski definition) is 2. The van der Waals surface area contributed by atoms with E-state index in [0.717, 1.165) is 4.47 Å². The summed E-state index contributed by atoms with van der Waals surface area (Å²) in [5.41, 5.74) is 1.64. The molecule has 1 aromatic rings. The molecule has 1 saturated carbocycles. The Morgan fingerprint density at radius 1 is 1.50 bits per heavy atom. The van der Waals surface area contributed by atoms with Gasteiger partial charge in [0.15, 0.2) is 0 Å². The highest BCUT2D eigenvalue weighted by atomic mass is 79.9. The molecule has 1 unspecified atom stereocenters. The molecule has 1 atom stereocenters. The summed E-state index contributed by atoms with van der Waals surface area (Å²) in [7, 11) is 4.07. The van der Waals surface area contributed by atoms with Crippen molar-refractivity contribution < 1.29 is 0 Å². The Morgan fingerprint density at radius 2 is 2.12 bits per heavy atom. The standard InChI is InChI=1S/C12H20BrN3/c1-12(6-4-5-7-12)11(14-2)10-9(13)8-15-16(10)3/h8,11,14H,4-7H2,1-3H3. The molecule has 1 fully saturated rings. The number of nitrogens with zero attached hydrogens (tertiary/aromatic N) is 2. The maximum absolute atomic E-state index is 4.32. The summed E-state index contributed by atoms with van der Waals surface area (Å²) in [5.74, 6) is 0. The third-order valence-corrected chi connectivity index (χ3v) is 4.55. The van der Waals surface area contributed by atoms with E-state index in [4.69, 9.17) is 0 Å². The lowest BCUT2D eigenvalue weighted by Gasteiger charge is -2.34. The Labute approximate surface area is 106 Å². The molecule has 90 valence electrons. The Hall–Kier alpha value is -0.350. The van der Waals surface area contributed by atoms with Gasteiger partial charge in [-0.05, 0) is 41.2 Å². The molecule has 1 heterocycles. The van der Waals surface area contributed by atoms with Gasteiger partial charge in [0.05, 0.1) is 22.4 Å². The number of hydrogen-bond donors (Lipinski definition) is 1. The van der Waals surface area contributed by atoms with Crippen LogP contribution in [0, 0.1) is 5.41 Å². The molecule has 0 aliphatic heterocycles. The van der Waals surface area contributed by atoms with Crippen LogP contribution in [0.25, 0.3) is 0 Å². The van der Waals surface area contributed by atoms with Crippen molar-refractivity contribution in [2.45, 2.75) is 38.6 Å². The highest BCUT2D eigenvalue weighted by Gasteiger charge is 2.39. The first kappa shape index (κ1) is 12.1. The molecule has 0 amide bonds. The summed E-state index contributed by atoms with van der Waals surface area (Å²) in [6, 6.07) is 0.386. The van der Waals surface area contributed by atoms with E-state index in [9.17, 15) is 0 Å². The molecule has 0 radical (unpaired) electrons. The van der Waals surface area contributed by atoms with Crippen molar-refractivity contribution in [1.82, 2.24) is 15.1 Å². The number of aromatic nitrogens is 2. The predicted molar refractivity (Wildman–Crippen MR) is 69.3 cm³/mol. The third-order valence-electron chi connectivity index (χ3n) is 3.94. The Bertz CT molecular complexity index is 347. The maximum atomic E-state index is 4.32. The van der Waals surface area contributed by atoms with Crippen LogP contribution in [0.15, 0.2) is 10.7 Å². The van der Waals surface area contributed by atoms with Gasteiger partial charge in [0.25, 0.3) is 0 Å². The third kappa shape index (κ3) is 1.93. The van der Waals surface area contributed by atoms with Gasteiger partial charge in [-0.2, -0.15) is 5.10 Å². The van der Waals surface area contributed by atoms with Gasteiger partial charge in [-0.25, -0.2) is 0 Å². The number of aryl methyl sites for hydroxylation is 1. The molecule has 0 aromatic carbocycles. The zero-order chi connectivity index (χ0) is 11.8. The molecule has 4 heteroatoms. The Morgan fingerprint density at radius 3 is 2.56 bits per heavy atom. The molecular formula is C12H20BrN3. The van der Waals surface area contributed by atoms with E-state index < -0.39 is 0 Å². The minimum Gasteiger partial charge on any atom is -0.311 e. The van der Waals surface area contributed by atoms with Crippen LogP contribution < -0.4 is 5.32 Å². The monoisotopic (exact) mass is 285 g/mol. The van der Waals surface area contributed by atoms with Crippen molar-refractivity contribution in [3.05, 3.63) is 16.4 Å². The minimum atomic E-state index is 0.366. The Balaban J connectivity index is 2.36. The number of halogens is 1.